The number of alkyl halides is 4. The Hall–Kier alpha value is -3.71. The van der Waals surface area contributed by atoms with Crippen molar-refractivity contribution >= 4 is 17.6 Å². The van der Waals surface area contributed by atoms with Crippen LogP contribution in [0, 0.1) is 17.8 Å². The lowest BCUT2D eigenvalue weighted by atomic mass is 9.76. The molecule has 6 rings (SSSR count). The first-order chi connectivity index (χ1) is 19.3. The predicted octanol–water partition coefficient (Wildman–Crippen LogP) is 3.97. The van der Waals surface area contributed by atoms with Gasteiger partial charge in [0.05, 0.1) is 35.6 Å². The van der Waals surface area contributed by atoms with Crippen LogP contribution in [-0.2, 0) is 6.54 Å². The van der Waals surface area contributed by atoms with Crippen LogP contribution in [-0.4, -0.2) is 66.2 Å². The van der Waals surface area contributed by atoms with Gasteiger partial charge in [0.25, 0.3) is 11.8 Å². The molecule has 0 bridgehead atoms. The monoisotopic (exact) mass is 576 g/mol. The molecule has 3 aromatic rings. The highest BCUT2D eigenvalue weighted by Gasteiger charge is 2.69. The molecule has 1 aliphatic heterocycles. The maximum absolute atomic E-state index is 14.1. The standard InChI is InChI=1S/C27H32F4N8O2/c1-14(2)39-21(24(32)40)8-19(36-39)23(16-3-5-26(28,29)6-4-16)20-13-38-22(35-20)7-15(9-34-38)11-37-12-18-17(27(18,30)31)10-33-25(37)41/h7-9,13-14,16-18,23H,3-6,10-12H2,1-2H3,(H2,32,40)(H,33,41)/t17-,18+,23-/m1/s1. The summed E-state index contributed by atoms with van der Waals surface area (Å²) in [5.74, 6) is -8.53. The number of imidazole rings is 1. The first kappa shape index (κ1) is 27.5. The van der Waals surface area contributed by atoms with Gasteiger partial charge in [0.15, 0.2) is 5.65 Å². The fraction of sp³-hybridized carbons (Fsp3) is 0.593. The Balaban J connectivity index is 1.32. The summed E-state index contributed by atoms with van der Waals surface area (Å²) in [6, 6.07) is 2.78. The van der Waals surface area contributed by atoms with Crippen molar-refractivity contribution < 1.29 is 27.2 Å². The average Bonchev–Trinajstić information content (AvgIpc) is 3.22. The first-order valence-corrected chi connectivity index (χ1v) is 13.9. The maximum Gasteiger partial charge on any atom is 0.317 e. The summed E-state index contributed by atoms with van der Waals surface area (Å²) in [7, 11) is 0. The lowest BCUT2D eigenvalue weighted by molar-refractivity contribution is -0.0475. The highest BCUT2D eigenvalue weighted by Crippen LogP contribution is 2.56. The molecule has 220 valence electrons. The molecule has 3 aliphatic rings. The van der Waals surface area contributed by atoms with Gasteiger partial charge in [0.1, 0.15) is 5.69 Å². The summed E-state index contributed by atoms with van der Waals surface area (Å²) < 4.78 is 59.2. The van der Waals surface area contributed by atoms with Gasteiger partial charge in [-0.1, -0.05) is 0 Å². The van der Waals surface area contributed by atoms with Crippen molar-refractivity contribution in [3.63, 3.8) is 0 Å². The minimum absolute atomic E-state index is 0.0492. The van der Waals surface area contributed by atoms with Gasteiger partial charge in [-0.25, -0.2) is 31.9 Å². The number of primary amides is 1. The van der Waals surface area contributed by atoms with Crippen molar-refractivity contribution in [2.45, 2.75) is 69.9 Å². The highest BCUT2D eigenvalue weighted by molar-refractivity contribution is 5.91. The number of fused-ring (bicyclic) bond motifs is 2. The average molecular weight is 577 g/mol. The van der Waals surface area contributed by atoms with E-state index >= 15 is 0 Å². The van der Waals surface area contributed by atoms with Gasteiger partial charge in [-0.15, -0.1) is 0 Å². The number of carbonyl (C=O) groups is 2. The Morgan fingerprint density at radius 3 is 2.54 bits per heavy atom. The van der Waals surface area contributed by atoms with E-state index in [0.717, 1.165) is 0 Å². The lowest BCUT2D eigenvalue weighted by Crippen LogP contribution is -2.40. The third-order valence-corrected chi connectivity index (χ3v) is 8.68. The summed E-state index contributed by atoms with van der Waals surface area (Å²) in [5.41, 5.74) is 7.98. The molecule has 2 aliphatic carbocycles. The van der Waals surface area contributed by atoms with Crippen LogP contribution in [0.2, 0.25) is 0 Å². The quantitative estimate of drug-likeness (QED) is 0.412. The van der Waals surface area contributed by atoms with E-state index in [1.165, 1.54) is 9.58 Å². The number of urea groups is 1. The van der Waals surface area contributed by atoms with Gasteiger partial charge in [0, 0.05) is 44.4 Å². The second kappa shape index (κ2) is 9.69. The number of nitrogens with one attached hydrogen (secondary N) is 1. The van der Waals surface area contributed by atoms with Gasteiger partial charge in [-0.05, 0) is 50.3 Å². The molecule has 3 fully saturated rings. The molecule has 3 N–H and O–H groups in total. The van der Waals surface area contributed by atoms with Gasteiger partial charge in [-0.2, -0.15) is 10.2 Å². The highest BCUT2D eigenvalue weighted by atomic mass is 19.3. The van der Waals surface area contributed by atoms with E-state index in [-0.39, 0.29) is 63.0 Å². The minimum Gasteiger partial charge on any atom is -0.364 e. The molecule has 3 atom stereocenters. The van der Waals surface area contributed by atoms with E-state index < -0.39 is 41.5 Å². The van der Waals surface area contributed by atoms with E-state index in [9.17, 15) is 27.2 Å². The molecule has 4 heterocycles. The molecule has 3 amide bonds. The van der Waals surface area contributed by atoms with E-state index in [1.54, 1.807) is 29.0 Å². The van der Waals surface area contributed by atoms with E-state index in [0.29, 0.717) is 22.6 Å². The Kier molecular flexibility index (Phi) is 6.49. The Morgan fingerprint density at radius 1 is 1.15 bits per heavy atom. The number of amides is 3. The fourth-order valence-electron chi connectivity index (χ4n) is 6.32. The number of nitrogens with zero attached hydrogens (tertiary/aromatic N) is 6. The van der Waals surface area contributed by atoms with Crippen LogP contribution < -0.4 is 11.1 Å². The second-order valence-corrected chi connectivity index (χ2v) is 11.8. The zero-order valence-corrected chi connectivity index (χ0v) is 22.7. The van der Waals surface area contributed by atoms with Crippen LogP contribution in [0.5, 0.6) is 0 Å². The predicted molar refractivity (Wildman–Crippen MR) is 139 cm³/mol. The normalized spacial score (nSPS) is 24.7. The van der Waals surface area contributed by atoms with Crippen LogP contribution >= 0.6 is 0 Å². The molecular formula is C27H32F4N8O2. The molecule has 2 saturated carbocycles. The van der Waals surface area contributed by atoms with Crippen molar-refractivity contribution in [2.24, 2.45) is 23.5 Å². The van der Waals surface area contributed by atoms with Crippen molar-refractivity contribution in [3.8, 4) is 0 Å². The van der Waals surface area contributed by atoms with Crippen LogP contribution in [0.15, 0.2) is 24.5 Å². The van der Waals surface area contributed by atoms with E-state index in [4.69, 9.17) is 10.7 Å². The maximum atomic E-state index is 14.1. The number of carbonyl (C=O) groups excluding carboxylic acids is 2. The number of nitrogens with two attached hydrogens (primary N) is 1. The number of aromatic nitrogens is 5. The third kappa shape index (κ3) is 5.01. The molecule has 0 radical (unpaired) electrons. The van der Waals surface area contributed by atoms with Gasteiger partial charge >= 0.3 is 6.03 Å². The smallest absolute Gasteiger partial charge is 0.317 e. The SMILES string of the molecule is CC(C)n1nc([C@H](c2cn3ncc(CN4C[C@H]5[C@@H](CNC4=O)C5(F)F)cc3n2)C2CCC(F)(F)CC2)cc1C(N)=O. The zero-order chi connectivity index (χ0) is 29.3. The van der Waals surface area contributed by atoms with Gasteiger partial charge < -0.3 is 16.0 Å². The summed E-state index contributed by atoms with van der Waals surface area (Å²) in [4.78, 5) is 30.8. The second-order valence-electron chi connectivity index (χ2n) is 11.8. The molecule has 0 unspecified atom stereocenters. The Labute approximate surface area is 233 Å². The van der Waals surface area contributed by atoms with Crippen molar-refractivity contribution in [1.82, 2.24) is 34.6 Å². The topological polar surface area (TPSA) is 123 Å². The zero-order valence-electron chi connectivity index (χ0n) is 22.7. The number of rotatable bonds is 7. The van der Waals surface area contributed by atoms with Crippen LogP contribution in [0.4, 0.5) is 22.4 Å². The Bertz CT molecular complexity index is 1490. The van der Waals surface area contributed by atoms with Crippen LogP contribution in [0.1, 0.15) is 78.9 Å². The van der Waals surface area contributed by atoms with E-state index in [1.807, 2.05) is 13.8 Å². The largest absolute Gasteiger partial charge is 0.364 e. The molecule has 10 nitrogen and oxygen atoms in total. The van der Waals surface area contributed by atoms with E-state index in [2.05, 4.69) is 15.5 Å². The molecule has 0 aromatic carbocycles. The van der Waals surface area contributed by atoms with Crippen LogP contribution in [0.25, 0.3) is 5.65 Å². The molecule has 14 heteroatoms. The molecule has 1 saturated heterocycles. The first-order valence-electron chi connectivity index (χ1n) is 13.9. The van der Waals surface area contributed by atoms with Crippen molar-refractivity contribution in [2.75, 3.05) is 13.1 Å². The molecule has 0 spiro atoms. The number of hydrogen-bond acceptors (Lipinski definition) is 5. The third-order valence-electron chi connectivity index (χ3n) is 8.68. The molecule has 3 aromatic heterocycles. The van der Waals surface area contributed by atoms with Crippen molar-refractivity contribution in [1.29, 1.82) is 0 Å². The summed E-state index contributed by atoms with van der Waals surface area (Å²) >= 11 is 0. The van der Waals surface area contributed by atoms with Crippen LogP contribution in [0.3, 0.4) is 0 Å². The summed E-state index contributed by atoms with van der Waals surface area (Å²) in [6.45, 7) is 3.71. The van der Waals surface area contributed by atoms with Gasteiger partial charge in [-0.3, -0.25) is 9.48 Å². The summed E-state index contributed by atoms with van der Waals surface area (Å²) in [6.07, 6.45) is 3.26. The van der Waals surface area contributed by atoms with Gasteiger partial charge in [0.2, 0.25) is 5.92 Å². The molecule has 41 heavy (non-hydrogen) atoms. The number of hydrogen-bond donors (Lipinski definition) is 2. The Morgan fingerprint density at radius 2 is 1.88 bits per heavy atom. The molecular weight excluding hydrogens is 544 g/mol. The summed E-state index contributed by atoms with van der Waals surface area (Å²) in [5, 5.41) is 11.7. The van der Waals surface area contributed by atoms with Crippen molar-refractivity contribution in [3.05, 3.63) is 47.2 Å². The fourth-order valence-corrected chi connectivity index (χ4v) is 6.32. The minimum atomic E-state index is -2.78. The lowest BCUT2D eigenvalue weighted by Gasteiger charge is -2.32. The number of halogens is 4.